The van der Waals surface area contributed by atoms with E-state index in [0.717, 1.165) is 6.42 Å². The summed E-state index contributed by atoms with van der Waals surface area (Å²) in [5.74, 6) is -0.444. The van der Waals surface area contributed by atoms with Crippen LogP contribution in [0.1, 0.15) is 31.8 Å². The van der Waals surface area contributed by atoms with Gasteiger partial charge in [0.2, 0.25) is 0 Å². The first-order valence-electron chi connectivity index (χ1n) is 9.40. The minimum absolute atomic E-state index is 0.0426. The SMILES string of the molecule is COC(=O)c1cccc(Nc2cncc(C(=O)N3CCc4ccccc4C3)c2)c1. The summed E-state index contributed by atoms with van der Waals surface area (Å²) < 4.78 is 4.75. The predicted octanol–water partition coefficient (Wildman–Crippen LogP) is 3.81. The number of methoxy groups -OCH3 is 1. The van der Waals surface area contributed by atoms with Crippen molar-refractivity contribution in [3.8, 4) is 0 Å². The number of nitrogens with one attached hydrogen (secondary N) is 1. The van der Waals surface area contributed by atoms with Gasteiger partial charge in [0, 0.05) is 25.0 Å². The number of hydrogen-bond donors (Lipinski definition) is 1. The summed E-state index contributed by atoms with van der Waals surface area (Å²) >= 11 is 0. The Bertz CT molecular complexity index is 1060. The van der Waals surface area contributed by atoms with E-state index in [-0.39, 0.29) is 5.91 Å². The van der Waals surface area contributed by atoms with Crippen LogP contribution < -0.4 is 5.32 Å². The third-order valence-electron chi connectivity index (χ3n) is 4.98. The number of carbonyl (C=O) groups excluding carboxylic acids is 2. The molecule has 1 aromatic heterocycles. The summed E-state index contributed by atoms with van der Waals surface area (Å²) in [6.45, 7) is 1.29. The summed E-state index contributed by atoms with van der Waals surface area (Å²) in [6.07, 6.45) is 4.08. The van der Waals surface area contributed by atoms with E-state index in [0.29, 0.717) is 35.6 Å². The molecule has 0 atom stereocenters. The van der Waals surface area contributed by atoms with Crippen molar-refractivity contribution >= 4 is 23.3 Å². The zero-order valence-electron chi connectivity index (χ0n) is 16.1. The molecule has 4 rings (SSSR count). The number of rotatable bonds is 4. The van der Waals surface area contributed by atoms with E-state index in [1.54, 1.807) is 36.7 Å². The van der Waals surface area contributed by atoms with Crippen molar-refractivity contribution in [1.29, 1.82) is 0 Å². The number of hydrogen-bond acceptors (Lipinski definition) is 5. The molecule has 0 radical (unpaired) electrons. The van der Waals surface area contributed by atoms with Crippen LogP contribution in [-0.2, 0) is 17.7 Å². The Morgan fingerprint density at radius 1 is 0.966 bits per heavy atom. The third kappa shape index (κ3) is 4.11. The standard InChI is InChI=1S/C23H21N3O3/c1-29-23(28)17-7-4-8-20(11-17)25-21-12-19(13-24-14-21)22(27)26-10-9-16-5-2-3-6-18(16)15-26/h2-8,11-14,25H,9-10,15H2,1H3. The molecule has 0 aliphatic carbocycles. The maximum absolute atomic E-state index is 13.0. The van der Waals surface area contributed by atoms with Gasteiger partial charge >= 0.3 is 5.97 Å². The number of ether oxygens (including phenoxy) is 1. The molecule has 1 aliphatic rings. The van der Waals surface area contributed by atoms with Gasteiger partial charge in [0.15, 0.2) is 0 Å². The highest BCUT2D eigenvalue weighted by Crippen LogP contribution is 2.22. The molecule has 0 saturated heterocycles. The lowest BCUT2D eigenvalue weighted by molar-refractivity contribution is 0.0600. The van der Waals surface area contributed by atoms with Crippen LogP contribution in [0.5, 0.6) is 0 Å². The lowest BCUT2D eigenvalue weighted by Crippen LogP contribution is -2.36. The van der Waals surface area contributed by atoms with Crippen LogP contribution in [0.2, 0.25) is 0 Å². The molecule has 6 heteroatoms. The number of aromatic nitrogens is 1. The van der Waals surface area contributed by atoms with Crippen LogP contribution in [0.25, 0.3) is 0 Å². The van der Waals surface area contributed by atoms with Crippen molar-refractivity contribution in [2.24, 2.45) is 0 Å². The summed E-state index contributed by atoms with van der Waals surface area (Å²) in [7, 11) is 1.35. The van der Waals surface area contributed by atoms with E-state index in [1.807, 2.05) is 23.1 Å². The molecular weight excluding hydrogens is 366 g/mol. The fourth-order valence-corrected chi connectivity index (χ4v) is 3.49. The van der Waals surface area contributed by atoms with Crippen molar-refractivity contribution in [3.05, 3.63) is 89.2 Å². The Balaban J connectivity index is 1.51. The highest BCUT2D eigenvalue weighted by Gasteiger charge is 2.22. The first-order chi connectivity index (χ1) is 14.1. The van der Waals surface area contributed by atoms with Gasteiger partial charge in [-0.3, -0.25) is 9.78 Å². The number of anilines is 2. The number of fused-ring (bicyclic) bond motifs is 1. The quantitative estimate of drug-likeness (QED) is 0.690. The molecule has 0 bridgehead atoms. The lowest BCUT2D eigenvalue weighted by atomic mass is 9.99. The lowest BCUT2D eigenvalue weighted by Gasteiger charge is -2.29. The van der Waals surface area contributed by atoms with Crippen LogP contribution in [0.4, 0.5) is 11.4 Å². The Labute approximate surface area is 169 Å². The van der Waals surface area contributed by atoms with Crippen molar-refractivity contribution < 1.29 is 14.3 Å². The molecule has 2 heterocycles. The number of amides is 1. The Morgan fingerprint density at radius 2 is 1.76 bits per heavy atom. The Kier molecular flexibility index (Phi) is 5.24. The molecule has 2 aromatic carbocycles. The van der Waals surface area contributed by atoms with Gasteiger partial charge in [0.1, 0.15) is 0 Å². The van der Waals surface area contributed by atoms with Crippen LogP contribution in [0.15, 0.2) is 67.0 Å². The van der Waals surface area contributed by atoms with Crippen molar-refractivity contribution in [3.63, 3.8) is 0 Å². The fraction of sp³-hybridized carbons (Fsp3) is 0.174. The van der Waals surface area contributed by atoms with Crippen molar-refractivity contribution in [2.75, 3.05) is 19.0 Å². The van der Waals surface area contributed by atoms with Crippen molar-refractivity contribution in [1.82, 2.24) is 9.88 Å². The average molecular weight is 387 g/mol. The first-order valence-corrected chi connectivity index (χ1v) is 9.40. The van der Waals surface area contributed by atoms with Crippen LogP contribution in [0.3, 0.4) is 0 Å². The van der Waals surface area contributed by atoms with Gasteiger partial charge in [0.05, 0.1) is 30.1 Å². The number of benzene rings is 2. The van der Waals surface area contributed by atoms with Gasteiger partial charge in [-0.1, -0.05) is 30.3 Å². The molecule has 0 spiro atoms. The molecule has 146 valence electrons. The number of pyridine rings is 1. The van der Waals surface area contributed by atoms with Crippen LogP contribution >= 0.6 is 0 Å². The topological polar surface area (TPSA) is 71.5 Å². The zero-order chi connectivity index (χ0) is 20.2. The average Bonchev–Trinajstić information content (AvgIpc) is 2.78. The Hall–Kier alpha value is -3.67. The van der Waals surface area contributed by atoms with Gasteiger partial charge in [0.25, 0.3) is 5.91 Å². The van der Waals surface area contributed by atoms with E-state index >= 15 is 0 Å². The van der Waals surface area contributed by atoms with Crippen LogP contribution in [-0.4, -0.2) is 35.4 Å². The second-order valence-corrected chi connectivity index (χ2v) is 6.91. The van der Waals surface area contributed by atoms with Crippen molar-refractivity contribution in [2.45, 2.75) is 13.0 Å². The molecule has 0 unspecified atom stereocenters. The second kappa shape index (κ2) is 8.14. The third-order valence-corrected chi connectivity index (χ3v) is 4.98. The smallest absolute Gasteiger partial charge is 0.337 e. The van der Waals surface area contributed by atoms with Crippen LogP contribution in [0, 0.1) is 0 Å². The summed E-state index contributed by atoms with van der Waals surface area (Å²) in [6, 6.07) is 17.0. The minimum atomic E-state index is -0.402. The zero-order valence-corrected chi connectivity index (χ0v) is 16.1. The summed E-state index contributed by atoms with van der Waals surface area (Å²) in [5, 5.41) is 3.20. The molecular formula is C23H21N3O3. The van der Waals surface area contributed by atoms with Gasteiger partial charge in [-0.05, 0) is 41.8 Å². The second-order valence-electron chi connectivity index (χ2n) is 6.91. The Morgan fingerprint density at radius 3 is 2.59 bits per heavy atom. The van der Waals surface area contributed by atoms with Gasteiger partial charge in [-0.2, -0.15) is 0 Å². The maximum Gasteiger partial charge on any atom is 0.337 e. The first kappa shape index (κ1) is 18.7. The van der Waals surface area contributed by atoms with Gasteiger partial charge < -0.3 is 15.0 Å². The molecule has 1 amide bonds. The van der Waals surface area contributed by atoms with E-state index in [9.17, 15) is 9.59 Å². The normalized spacial score (nSPS) is 12.8. The number of esters is 1. The minimum Gasteiger partial charge on any atom is -0.465 e. The van der Waals surface area contributed by atoms with Gasteiger partial charge in [-0.15, -0.1) is 0 Å². The molecule has 3 aromatic rings. The fourth-order valence-electron chi connectivity index (χ4n) is 3.49. The molecule has 1 N–H and O–H groups in total. The highest BCUT2D eigenvalue weighted by molar-refractivity contribution is 5.95. The summed E-state index contributed by atoms with van der Waals surface area (Å²) in [5.41, 5.74) is 4.86. The summed E-state index contributed by atoms with van der Waals surface area (Å²) in [4.78, 5) is 30.8. The van der Waals surface area contributed by atoms with E-state index in [4.69, 9.17) is 4.74 Å². The molecule has 0 fully saturated rings. The van der Waals surface area contributed by atoms with Gasteiger partial charge in [-0.25, -0.2) is 4.79 Å². The number of carbonyl (C=O) groups is 2. The monoisotopic (exact) mass is 387 g/mol. The molecule has 0 saturated carbocycles. The maximum atomic E-state index is 13.0. The molecule has 6 nitrogen and oxygen atoms in total. The largest absolute Gasteiger partial charge is 0.465 e. The number of nitrogens with zero attached hydrogens (tertiary/aromatic N) is 2. The van der Waals surface area contributed by atoms with E-state index in [1.165, 1.54) is 18.2 Å². The molecule has 29 heavy (non-hydrogen) atoms. The van der Waals surface area contributed by atoms with E-state index in [2.05, 4.69) is 22.4 Å². The predicted molar refractivity (Wildman–Crippen MR) is 110 cm³/mol. The van der Waals surface area contributed by atoms with E-state index < -0.39 is 5.97 Å². The highest BCUT2D eigenvalue weighted by atomic mass is 16.5. The molecule has 1 aliphatic heterocycles.